The van der Waals surface area contributed by atoms with Crippen LogP contribution in [0.5, 0.6) is 11.5 Å². The fraction of sp³-hybridized carbons (Fsp3) is 0.500. The van der Waals surface area contributed by atoms with Crippen LogP contribution in [0.4, 0.5) is 5.69 Å². The van der Waals surface area contributed by atoms with Crippen molar-refractivity contribution in [2.45, 2.75) is 31.3 Å². The lowest BCUT2D eigenvalue weighted by Gasteiger charge is -2.43. The van der Waals surface area contributed by atoms with E-state index in [1.165, 1.54) is 0 Å². The molecule has 0 saturated carbocycles. The highest BCUT2D eigenvalue weighted by atomic mass is 16.5. The Bertz CT molecular complexity index is 1010. The third-order valence-corrected chi connectivity index (χ3v) is 6.72. The van der Waals surface area contributed by atoms with Gasteiger partial charge in [-0.25, -0.2) is 0 Å². The molecule has 0 radical (unpaired) electrons. The molecule has 1 atom stereocenters. The van der Waals surface area contributed by atoms with Crippen molar-refractivity contribution in [2.24, 2.45) is 0 Å². The molecule has 8 nitrogen and oxygen atoms in total. The van der Waals surface area contributed by atoms with Crippen molar-refractivity contribution < 1.29 is 23.8 Å². The van der Waals surface area contributed by atoms with Gasteiger partial charge in [0.05, 0.1) is 19.6 Å². The number of morpholine rings is 1. The van der Waals surface area contributed by atoms with Crippen LogP contribution in [0.15, 0.2) is 54.6 Å². The summed E-state index contributed by atoms with van der Waals surface area (Å²) in [6.45, 7) is 2.73. The van der Waals surface area contributed by atoms with E-state index in [9.17, 15) is 9.59 Å². The first kappa shape index (κ1) is 25.8. The number of ether oxygens (including phenoxy) is 3. The van der Waals surface area contributed by atoms with E-state index in [-0.39, 0.29) is 38.0 Å². The number of rotatable bonds is 9. The first-order valence-corrected chi connectivity index (χ1v) is 12.7. The van der Waals surface area contributed by atoms with Crippen LogP contribution in [-0.2, 0) is 14.3 Å². The minimum absolute atomic E-state index is 0.0532. The molecule has 2 aliphatic heterocycles. The van der Waals surface area contributed by atoms with E-state index in [4.69, 9.17) is 14.2 Å². The zero-order chi connectivity index (χ0) is 25.4. The van der Waals surface area contributed by atoms with Crippen LogP contribution in [0.2, 0.25) is 0 Å². The molecule has 4 rings (SSSR count). The number of nitrogens with zero attached hydrogens (tertiary/aromatic N) is 3. The van der Waals surface area contributed by atoms with Crippen LogP contribution in [0.25, 0.3) is 0 Å². The Morgan fingerprint density at radius 1 is 0.889 bits per heavy atom. The van der Waals surface area contributed by atoms with Gasteiger partial charge in [-0.05, 0) is 43.5 Å². The Hall–Kier alpha value is -3.26. The number of hydrogen-bond acceptors (Lipinski definition) is 6. The second-order valence-electron chi connectivity index (χ2n) is 9.75. The summed E-state index contributed by atoms with van der Waals surface area (Å²) in [5.41, 5.74) is 0.0861. The number of likely N-dealkylation sites (tertiary alicyclic amines) is 1. The first-order chi connectivity index (χ1) is 17.4. The molecule has 0 bridgehead atoms. The lowest BCUT2D eigenvalue weighted by Crippen LogP contribution is -2.59. The lowest BCUT2D eigenvalue weighted by atomic mass is 9.96. The van der Waals surface area contributed by atoms with Gasteiger partial charge in [0.1, 0.15) is 23.7 Å². The van der Waals surface area contributed by atoms with Crippen LogP contribution in [0, 0.1) is 0 Å². The summed E-state index contributed by atoms with van der Waals surface area (Å²) in [6, 6.07) is 17.1. The molecule has 0 spiro atoms. The molecule has 2 aromatic carbocycles. The van der Waals surface area contributed by atoms with Crippen LogP contribution in [0.1, 0.15) is 25.7 Å². The predicted molar refractivity (Wildman–Crippen MR) is 139 cm³/mol. The highest BCUT2D eigenvalue weighted by molar-refractivity contribution is 5.79. The molecular weight excluding hydrogens is 458 g/mol. The molecule has 0 aliphatic carbocycles. The maximum absolute atomic E-state index is 13.2. The molecular formula is C28H37N3O5. The van der Waals surface area contributed by atoms with Crippen molar-refractivity contribution in [3.63, 3.8) is 0 Å². The van der Waals surface area contributed by atoms with Gasteiger partial charge in [-0.1, -0.05) is 24.3 Å². The maximum Gasteiger partial charge on any atom is 0.260 e. The Morgan fingerprint density at radius 3 is 2.39 bits per heavy atom. The standard InChI is InChI=1S/C28H37N3O5/c1-29(2)23-10-9-13-25(18-23)34-20-27(33)31-16-17-36-28(21-31,22-35-24-11-5-3-6-12-24)19-26(32)30-14-7-4-8-15-30/h3,5-6,9-13,18H,4,7-8,14-17,19-22H2,1-2H3. The molecule has 8 heteroatoms. The second-order valence-corrected chi connectivity index (χ2v) is 9.75. The van der Waals surface area contributed by atoms with Crippen molar-refractivity contribution in [3.05, 3.63) is 54.6 Å². The average Bonchev–Trinajstić information content (AvgIpc) is 2.92. The molecule has 0 aromatic heterocycles. The predicted octanol–water partition coefficient (Wildman–Crippen LogP) is 3.21. The van der Waals surface area contributed by atoms with Crippen molar-refractivity contribution in [3.8, 4) is 11.5 Å². The van der Waals surface area contributed by atoms with Gasteiger partial charge in [0.15, 0.2) is 6.61 Å². The van der Waals surface area contributed by atoms with Gasteiger partial charge in [0, 0.05) is 45.5 Å². The maximum atomic E-state index is 13.2. The van der Waals surface area contributed by atoms with Crippen LogP contribution in [-0.4, -0.2) is 87.3 Å². The van der Waals surface area contributed by atoms with Gasteiger partial charge in [0.25, 0.3) is 5.91 Å². The number of piperidine rings is 1. The van der Waals surface area contributed by atoms with E-state index in [1.807, 2.05) is 78.5 Å². The highest BCUT2D eigenvalue weighted by Gasteiger charge is 2.42. The molecule has 36 heavy (non-hydrogen) atoms. The van der Waals surface area contributed by atoms with Crippen molar-refractivity contribution in [1.29, 1.82) is 0 Å². The monoisotopic (exact) mass is 495 g/mol. The molecule has 1 unspecified atom stereocenters. The van der Waals surface area contributed by atoms with Gasteiger partial charge < -0.3 is 28.9 Å². The van der Waals surface area contributed by atoms with E-state index in [0.717, 1.165) is 38.0 Å². The smallest absolute Gasteiger partial charge is 0.260 e. The number of carbonyl (C=O) groups is 2. The minimum Gasteiger partial charge on any atom is -0.490 e. The Balaban J connectivity index is 1.43. The number of amides is 2. The van der Waals surface area contributed by atoms with Gasteiger partial charge in [0.2, 0.25) is 5.91 Å². The fourth-order valence-electron chi connectivity index (χ4n) is 4.65. The summed E-state index contributed by atoms with van der Waals surface area (Å²) in [7, 11) is 3.92. The second kappa shape index (κ2) is 12.1. The molecule has 2 aromatic rings. The summed E-state index contributed by atoms with van der Waals surface area (Å²) >= 11 is 0. The van der Waals surface area contributed by atoms with Crippen LogP contribution in [0.3, 0.4) is 0 Å². The summed E-state index contributed by atoms with van der Waals surface area (Å²) in [6.07, 6.45) is 3.38. The number of benzene rings is 2. The van der Waals surface area contributed by atoms with Crippen molar-refractivity contribution in [2.75, 3.05) is 65.0 Å². The van der Waals surface area contributed by atoms with Crippen molar-refractivity contribution >= 4 is 17.5 Å². The molecule has 2 amide bonds. The largest absolute Gasteiger partial charge is 0.490 e. The highest BCUT2D eigenvalue weighted by Crippen LogP contribution is 2.27. The molecule has 2 aliphatic rings. The van der Waals surface area contributed by atoms with Crippen LogP contribution >= 0.6 is 0 Å². The average molecular weight is 496 g/mol. The van der Waals surface area contributed by atoms with Gasteiger partial charge in [-0.2, -0.15) is 0 Å². The normalized spacial score (nSPS) is 20.1. The van der Waals surface area contributed by atoms with Gasteiger partial charge in [-0.15, -0.1) is 0 Å². The lowest BCUT2D eigenvalue weighted by molar-refractivity contribution is -0.167. The minimum atomic E-state index is -0.914. The van der Waals surface area contributed by atoms with E-state index < -0.39 is 5.60 Å². The SMILES string of the molecule is CN(C)c1cccc(OCC(=O)N2CCOC(COc3ccccc3)(CC(=O)N3CCCCC3)C2)c1. The fourth-order valence-corrected chi connectivity index (χ4v) is 4.65. The topological polar surface area (TPSA) is 71.5 Å². The van der Waals surface area contributed by atoms with E-state index in [0.29, 0.717) is 24.7 Å². The summed E-state index contributed by atoms with van der Waals surface area (Å²) in [4.78, 5) is 32.0. The number of para-hydroxylation sites is 1. The number of carbonyl (C=O) groups excluding carboxylic acids is 2. The first-order valence-electron chi connectivity index (χ1n) is 12.7. The van der Waals surface area contributed by atoms with Crippen molar-refractivity contribution in [1.82, 2.24) is 9.80 Å². The molecule has 2 saturated heterocycles. The van der Waals surface area contributed by atoms with E-state index >= 15 is 0 Å². The zero-order valence-electron chi connectivity index (χ0n) is 21.4. The van der Waals surface area contributed by atoms with Gasteiger partial charge >= 0.3 is 0 Å². The Kier molecular flexibility index (Phi) is 8.70. The van der Waals surface area contributed by atoms with Gasteiger partial charge in [-0.3, -0.25) is 9.59 Å². The summed E-state index contributed by atoms with van der Waals surface area (Å²) in [5.74, 6) is 1.26. The van der Waals surface area contributed by atoms with E-state index in [2.05, 4.69) is 0 Å². The van der Waals surface area contributed by atoms with E-state index in [1.54, 1.807) is 4.90 Å². The van der Waals surface area contributed by atoms with Crippen LogP contribution < -0.4 is 14.4 Å². The third-order valence-electron chi connectivity index (χ3n) is 6.72. The summed E-state index contributed by atoms with van der Waals surface area (Å²) < 4.78 is 18.1. The Labute approximate surface area is 213 Å². The molecule has 2 fully saturated rings. The summed E-state index contributed by atoms with van der Waals surface area (Å²) in [5, 5.41) is 0. The third kappa shape index (κ3) is 6.91. The Morgan fingerprint density at radius 2 is 1.64 bits per heavy atom. The molecule has 0 N–H and O–H groups in total. The zero-order valence-corrected chi connectivity index (χ0v) is 21.4. The number of anilines is 1. The molecule has 194 valence electrons. The molecule has 2 heterocycles. The number of hydrogen-bond donors (Lipinski definition) is 0. The quantitative estimate of drug-likeness (QED) is 0.532.